The summed E-state index contributed by atoms with van der Waals surface area (Å²) >= 11 is 0. The zero-order chi connectivity index (χ0) is 31.7. The Balaban J connectivity index is 0.00000336. The first-order valence-electron chi connectivity index (χ1n) is 15.7. The van der Waals surface area contributed by atoms with Crippen LogP contribution >= 0.6 is 0 Å². The number of hydrogen-bond donors (Lipinski definition) is 0. The molecule has 4 aromatic carbocycles. The second-order valence-corrected chi connectivity index (χ2v) is 12.9. The first-order chi connectivity index (χ1) is 22.9. The van der Waals surface area contributed by atoms with E-state index in [1.54, 1.807) is 0 Å². The van der Waals surface area contributed by atoms with Gasteiger partial charge in [0.15, 0.2) is 0 Å². The van der Waals surface area contributed by atoms with Gasteiger partial charge in [0.1, 0.15) is 5.82 Å². The Morgan fingerprint density at radius 1 is 0.688 bits per heavy atom. The van der Waals surface area contributed by atoms with Crippen LogP contribution in [-0.4, -0.2) is 23.9 Å². The maximum Gasteiger partial charge on any atom is 2.00 e. The minimum atomic E-state index is -0.0106. The molecule has 234 valence electrons. The van der Waals surface area contributed by atoms with Crippen LogP contribution < -0.4 is 4.74 Å². The maximum atomic E-state index is 6.51. The number of ether oxygens (including phenoxy) is 1. The molecule has 0 amide bonds. The fraction of sp³-hybridized carbons (Fsp3) is 0.0976. The Morgan fingerprint density at radius 2 is 1.44 bits per heavy atom. The summed E-state index contributed by atoms with van der Waals surface area (Å²) in [4.78, 5) is 14.6. The van der Waals surface area contributed by atoms with Crippen LogP contribution in [0.15, 0.2) is 122 Å². The number of imidazole rings is 1. The van der Waals surface area contributed by atoms with Gasteiger partial charge in [-0.05, 0) is 46.7 Å². The van der Waals surface area contributed by atoms with E-state index in [0.717, 1.165) is 66.3 Å². The Kier molecular flexibility index (Phi) is 7.15. The number of pyridine rings is 3. The normalized spacial score (nSPS) is 11.9. The van der Waals surface area contributed by atoms with Crippen molar-refractivity contribution in [2.75, 3.05) is 0 Å². The first kappa shape index (κ1) is 30.0. The van der Waals surface area contributed by atoms with Gasteiger partial charge in [-0.1, -0.05) is 97.7 Å². The third kappa shape index (κ3) is 4.87. The van der Waals surface area contributed by atoms with E-state index >= 15 is 0 Å². The maximum absolute atomic E-state index is 6.51. The number of benzene rings is 4. The number of para-hydroxylation sites is 1. The molecule has 0 aliphatic heterocycles. The van der Waals surface area contributed by atoms with Gasteiger partial charge in [-0.2, -0.15) is 6.07 Å². The summed E-state index contributed by atoms with van der Waals surface area (Å²) in [5, 5.41) is 4.04. The van der Waals surface area contributed by atoms with Gasteiger partial charge in [-0.15, -0.1) is 23.6 Å². The minimum Gasteiger partial charge on any atom is -0.503 e. The third-order valence-corrected chi connectivity index (χ3v) is 8.84. The van der Waals surface area contributed by atoms with E-state index in [1.165, 1.54) is 5.56 Å². The van der Waals surface area contributed by atoms with Gasteiger partial charge >= 0.3 is 21.1 Å². The molecular formula is C41H29N5OPt. The quantitative estimate of drug-likeness (QED) is 0.131. The predicted molar refractivity (Wildman–Crippen MR) is 188 cm³/mol. The van der Waals surface area contributed by atoms with Crippen LogP contribution in [0.5, 0.6) is 11.5 Å². The van der Waals surface area contributed by atoms with Gasteiger partial charge in [-0.3, -0.25) is 9.97 Å². The van der Waals surface area contributed by atoms with Crippen LogP contribution in [-0.2, 0) is 26.5 Å². The summed E-state index contributed by atoms with van der Waals surface area (Å²) < 4.78 is 10.8. The van der Waals surface area contributed by atoms with E-state index in [4.69, 9.17) is 19.7 Å². The molecule has 9 rings (SSSR count). The predicted octanol–water partition coefficient (Wildman–Crippen LogP) is 9.88. The molecule has 0 aliphatic carbocycles. The monoisotopic (exact) mass is 802 g/mol. The summed E-state index contributed by atoms with van der Waals surface area (Å²) in [5.41, 5.74) is 7.80. The average molecular weight is 803 g/mol. The smallest absolute Gasteiger partial charge is 0.503 e. The minimum absolute atomic E-state index is 0. The van der Waals surface area contributed by atoms with Crippen molar-refractivity contribution in [2.24, 2.45) is 0 Å². The average Bonchev–Trinajstić information content (AvgIpc) is 3.69. The number of fused-ring (bicyclic) bond motifs is 9. The van der Waals surface area contributed by atoms with Crippen molar-refractivity contribution in [3.63, 3.8) is 0 Å². The second kappa shape index (κ2) is 11.4. The first-order valence-corrected chi connectivity index (χ1v) is 15.7. The number of rotatable bonds is 4. The summed E-state index contributed by atoms with van der Waals surface area (Å²) in [5.74, 6) is 2.02. The molecule has 0 N–H and O–H groups in total. The molecule has 0 bridgehead atoms. The van der Waals surface area contributed by atoms with E-state index in [-0.39, 0.29) is 26.5 Å². The largest absolute Gasteiger partial charge is 2.00 e. The van der Waals surface area contributed by atoms with E-state index in [1.807, 2.05) is 54.9 Å². The van der Waals surface area contributed by atoms with Gasteiger partial charge < -0.3 is 13.7 Å². The summed E-state index contributed by atoms with van der Waals surface area (Å²) in [7, 11) is 0. The van der Waals surface area contributed by atoms with E-state index < -0.39 is 0 Å². The van der Waals surface area contributed by atoms with Crippen molar-refractivity contribution in [1.29, 1.82) is 0 Å². The van der Waals surface area contributed by atoms with Crippen molar-refractivity contribution < 1.29 is 25.8 Å². The van der Waals surface area contributed by atoms with Crippen molar-refractivity contribution in [3.8, 4) is 28.6 Å². The Morgan fingerprint density at radius 3 is 2.27 bits per heavy atom. The van der Waals surface area contributed by atoms with Gasteiger partial charge in [0.05, 0.1) is 22.4 Å². The molecular weight excluding hydrogens is 774 g/mol. The van der Waals surface area contributed by atoms with Crippen LogP contribution in [0.3, 0.4) is 0 Å². The molecule has 0 spiro atoms. The molecule has 0 unspecified atom stereocenters. The fourth-order valence-corrected chi connectivity index (χ4v) is 6.49. The van der Waals surface area contributed by atoms with Crippen LogP contribution in [0.25, 0.3) is 66.3 Å². The molecule has 5 aromatic heterocycles. The fourth-order valence-electron chi connectivity index (χ4n) is 6.49. The van der Waals surface area contributed by atoms with Crippen molar-refractivity contribution in [3.05, 3.63) is 139 Å². The van der Waals surface area contributed by atoms with Crippen LogP contribution in [0.2, 0.25) is 0 Å². The molecule has 0 saturated carbocycles. The number of nitrogens with zero attached hydrogens (tertiary/aromatic N) is 5. The number of aromatic nitrogens is 5. The Hall–Kier alpha value is -5.32. The Labute approximate surface area is 291 Å². The standard InChI is InChI=1S/C41H29N5O.Pt/c1-41(2,3)27-19-21-42-38(22-27)46-35-13-8-7-12-30(35)31-17-15-29(24-37(31)46)47-28-16-18-32-33(23-28)40-44-34(26-10-5-4-6-11-26)25-45(40)36-14-9-20-43-39(32)36;/h4-22,25H,1-3H3;/q-2;+2. The van der Waals surface area contributed by atoms with Gasteiger partial charge in [0.2, 0.25) is 0 Å². The summed E-state index contributed by atoms with van der Waals surface area (Å²) in [6.45, 7) is 6.65. The molecule has 48 heavy (non-hydrogen) atoms. The molecule has 6 nitrogen and oxygen atoms in total. The van der Waals surface area contributed by atoms with Gasteiger partial charge in [0, 0.05) is 41.2 Å². The van der Waals surface area contributed by atoms with Crippen molar-refractivity contribution in [2.45, 2.75) is 26.2 Å². The molecule has 0 aliphatic rings. The molecule has 0 saturated heterocycles. The molecule has 0 fully saturated rings. The zero-order valence-corrected chi connectivity index (χ0v) is 28.8. The van der Waals surface area contributed by atoms with E-state index in [2.05, 4.69) is 109 Å². The second-order valence-electron chi connectivity index (χ2n) is 12.9. The van der Waals surface area contributed by atoms with Gasteiger partial charge in [0.25, 0.3) is 0 Å². The SMILES string of the molecule is CC(C)(C)c1ccnc(-n2c3[c-]c(Oc4[c-]c5c(cc4)c4ncccc4n4cc(-c6ccccc6)nc54)ccc3c3ccccc32)c1.[Pt+2]. The molecule has 9 aromatic rings. The van der Waals surface area contributed by atoms with Crippen LogP contribution in [0, 0.1) is 12.1 Å². The van der Waals surface area contributed by atoms with Crippen LogP contribution in [0.1, 0.15) is 26.3 Å². The summed E-state index contributed by atoms with van der Waals surface area (Å²) in [6, 6.07) is 42.1. The Bertz CT molecular complexity index is 2650. The molecule has 0 atom stereocenters. The van der Waals surface area contributed by atoms with E-state index in [9.17, 15) is 0 Å². The summed E-state index contributed by atoms with van der Waals surface area (Å²) in [6.07, 6.45) is 5.78. The van der Waals surface area contributed by atoms with Crippen molar-refractivity contribution >= 4 is 49.3 Å². The third-order valence-electron chi connectivity index (χ3n) is 8.84. The molecule has 5 heterocycles. The van der Waals surface area contributed by atoms with E-state index in [0.29, 0.717) is 11.5 Å². The molecule has 0 radical (unpaired) electrons. The van der Waals surface area contributed by atoms with Crippen LogP contribution in [0.4, 0.5) is 0 Å². The van der Waals surface area contributed by atoms with Crippen molar-refractivity contribution in [1.82, 2.24) is 23.9 Å². The topological polar surface area (TPSA) is 57.2 Å². The van der Waals surface area contributed by atoms with Gasteiger partial charge in [-0.25, -0.2) is 4.98 Å². The zero-order valence-electron chi connectivity index (χ0n) is 26.5. The molecule has 7 heteroatoms. The number of hydrogen-bond acceptors (Lipinski definition) is 4.